The van der Waals surface area contributed by atoms with E-state index in [2.05, 4.69) is 20.6 Å². The highest BCUT2D eigenvalue weighted by molar-refractivity contribution is 6.33. The highest BCUT2D eigenvalue weighted by atomic mass is 35.5. The number of hydrogen-bond acceptors (Lipinski definition) is 6. The van der Waals surface area contributed by atoms with Gasteiger partial charge >= 0.3 is 5.97 Å². The molecule has 6 nitrogen and oxygen atoms in total. The first-order valence-corrected chi connectivity index (χ1v) is 7.84. The number of halogens is 1. The second-order valence-corrected chi connectivity index (χ2v) is 6.78. The van der Waals surface area contributed by atoms with E-state index in [4.69, 9.17) is 16.3 Å². The molecule has 0 fully saturated rings. The first-order chi connectivity index (χ1) is 11.2. The molecular formula is C17H21ClN4O2. The van der Waals surface area contributed by atoms with Crippen LogP contribution in [0.3, 0.4) is 0 Å². The van der Waals surface area contributed by atoms with E-state index in [0.29, 0.717) is 33.7 Å². The van der Waals surface area contributed by atoms with Crippen LogP contribution < -0.4 is 10.6 Å². The molecule has 0 atom stereocenters. The van der Waals surface area contributed by atoms with Crippen molar-refractivity contribution in [3.63, 3.8) is 0 Å². The zero-order valence-electron chi connectivity index (χ0n) is 14.4. The maximum Gasteiger partial charge on any atom is 0.337 e. The van der Waals surface area contributed by atoms with Gasteiger partial charge in [0.2, 0.25) is 0 Å². The van der Waals surface area contributed by atoms with Crippen LogP contribution in [0.2, 0.25) is 5.02 Å². The maximum atomic E-state index is 11.7. The van der Waals surface area contributed by atoms with Crippen LogP contribution in [0.5, 0.6) is 0 Å². The van der Waals surface area contributed by atoms with Crippen molar-refractivity contribution in [3.8, 4) is 0 Å². The molecule has 0 amide bonds. The first kappa shape index (κ1) is 18.0. The van der Waals surface area contributed by atoms with E-state index >= 15 is 0 Å². The lowest BCUT2D eigenvalue weighted by atomic mass is 10.1. The number of nitrogens with zero attached hydrogens (tertiary/aromatic N) is 2. The van der Waals surface area contributed by atoms with Crippen LogP contribution in [-0.2, 0) is 4.74 Å². The molecule has 0 spiro atoms. The third-order valence-electron chi connectivity index (χ3n) is 2.99. The molecule has 0 saturated heterocycles. The number of methoxy groups -OCH3 is 1. The van der Waals surface area contributed by atoms with Crippen molar-refractivity contribution in [3.05, 3.63) is 40.7 Å². The second kappa shape index (κ2) is 7.05. The van der Waals surface area contributed by atoms with Gasteiger partial charge in [0, 0.05) is 11.6 Å². The minimum Gasteiger partial charge on any atom is -0.465 e. The Labute approximate surface area is 146 Å². The van der Waals surface area contributed by atoms with Crippen LogP contribution >= 0.6 is 11.6 Å². The Morgan fingerprint density at radius 3 is 2.46 bits per heavy atom. The van der Waals surface area contributed by atoms with Crippen molar-refractivity contribution in [1.82, 2.24) is 9.97 Å². The summed E-state index contributed by atoms with van der Waals surface area (Å²) in [6.45, 7) is 7.96. The van der Waals surface area contributed by atoms with E-state index < -0.39 is 5.97 Å². The van der Waals surface area contributed by atoms with E-state index in [1.54, 1.807) is 24.3 Å². The molecule has 0 aliphatic carbocycles. The molecule has 0 unspecified atom stereocenters. The molecule has 2 aromatic rings. The summed E-state index contributed by atoms with van der Waals surface area (Å²) in [6, 6.07) is 6.66. The summed E-state index contributed by atoms with van der Waals surface area (Å²) in [5.41, 5.74) is 0.850. The van der Waals surface area contributed by atoms with E-state index in [1.165, 1.54) is 7.11 Å². The Balaban J connectivity index is 2.32. The van der Waals surface area contributed by atoms with Crippen LogP contribution in [0, 0.1) is 6.92 Å². The largest absolute Gasteiger partial charge is 0.465 e. The summed E-state index contributed by atoms with van der Waals surface area (Å²) in [4.78, 5) is 20.4. The van der Waals surface area contributed by atoms with Crippen molar-refractivity contribution >= 4 is 34.9 Å². The van der Waals surface area contributed by atoms with Gasteiger partial charge in [0.1, 0.15) is 17.5 Å². The Kier molecular flexibility index (Phi) is 5.29. The van der Waals surface area contributed by atoms with Crippen molar-refractivity contribution in [2.24, 2.45) is 0 Å². The molecule has 1 aromatic heterocycles. The standard InChI is InChI=1S/C17H21ClN4O2/c1-10-19-14(9-15(20-10)22-17(2,3)4)21-13-8-11(16(23)24-5)6-7-12(13)18/h6-9H,1-5H3,(H2,19,20,21,22). The van der Waals surface area contributed by atoms with E-state index in [-0.39, 0.29) is 5.54 Å². The minimum absolute atomic E-state index is 0.124. The molecule has 7 heteroatoms. The molecule has 2 N–H and O–H groups in total. The Morgan fingerprint density at radius 1 is 1.17 bits per heavy atom. The number of nitrogens with one attached hydrogen (secondary N) is 2. The van der Waals surface area contributed by atoms with Crippen molar-refractivity contribution < 1.29 is 9.53 Å². The van der Waals surface area contributed by atoms with Gasteiger partial charge in [-0.2, -0.15) is 0 Å². The summed E-state index contributed by atoms with van der Waals surface area (Å²) in [6.07, 6.45) is 0. The number of hydrogen-bond donors (Lipinski definition) is 2. The average molecular weight is 349 g/mol. The fraction of sp³-hybridized carbons (Fsp3) is 0.353. The predicted molar refractivity (Wildman–Crippen MR) is 96.2 cm³/mol. The van der Waals surface area contributed by atoms with Gasteiger partial charge in [-0.25, -0.2) is 14.8 Å². The number of aryl methyl sites for hydroxylation is 1. The lowest BCUT2D eigenvalue weighted by molar-refractivity contribution is 0.0601. The summed E-state index contributed by atoms with van der Waals surface area (Å²) in [5.74, 6) is 1.48. The molecule has 0 aliphatic rings. The monoisotopic (exact) mass is 348 g/mol. The zero-order valence-corrected chi connectivity index (χ0v) is 15.2. The lowest BCUT2D eigenvalue weighted by Gasteiger charge is -2.22. The number of aromatic nitrogens is 2. The average Bonchev–Trinajstić information content (AvgIpc) is 2.46. The highest BCUT2D eigenvalue weighted by Gasteiger charge is 2.13. The molecule has 0 radical (unpaired) electrons. The zero-order chi connectivity index (χ0) is 17.9. The summed E-state index contributed by atoms with van der Waals surface area (Å²) < 4.78 is 4.73. The van der Waals surface area contributed by atoms with Crippen LogP contribution in [-0.4, -0.2) is 28.6 Å². The van der Waals surface area contributed by atoms with Gasteiger partial charge in [-0.3, -0.25) is 0 Å². The highest BCUT2D eigenvalue weighted by Crippen LogP contribution is 2.27. The van der Waals surface area contributed by atoms with Gasteiger partial charge in [-0.15, -0.1) is 0 Å². The molecule has 1 aromatic carbocycles. The van der Waals surface area contributed by atoms with Crippen LogP contribution in [0.25, 0.3) is 0 Å². The molecular weight excluding hydrogens is 328 g/mol. The van der Waals surface area contributed by atoms with Gasteiger partial charge in [0.05, 0.1) is 23.4 Å². The number of rotatable bonds is 4. The summed E-state index contributed by atoms with van der Waals surface area (Å²) in [5, 5.41) is 6.91. The van der Waals surface area contributed by atoms with E-state index in [9.17, 15) is 4.79 Å². The number of esters is 1. The van der Waals surface area contributed by atoms with E-state index in [1.807, 2.05) is 27.7 Å². The van der Waals surface area contributed by atoms with Crippen molar-refractivity contribution in [2.75, 3.05) is 17.7 Å². The van der Waals surface area contributed by atoms with Gasteiger partial charge in [-0.05, 0) is 45.9 Å². The Hall–Kier alpha value is -2.34. The van der Waals surface area contributed by atoms with Crippen LogP contribution in [0.1, 0.15) is 37.0 Å². The van der Waals surface area contributed by atoms with Gasteiger partial charge < -0.3 is 15.4 Å². The van der Waals surface area contributed by atoms with Crippen molar-refractivity contribution in [2.45, 2.75) is 33.2 Å². The summed E-state index contributed by atoms with van der Waals surface area (Å²) >= 11 is 6.21. The smallest absolute Gasteiger partial charge is 0.337 e. The third-order valence-corrected chi connectivity index (χ3v) is 3.32. The fourth-order valence-corrected chi connectivity index (χ4v) is 2.25. The first-order valence-electron chi connectivity index (χ1n) is 7.47. The van der Waals surface area contributed by atoms with E-state index in [0.717, 1.165) is 0 Å². The quantitative estimate of drug-likeness (QED) is 0.807. The predicted octanol–water partition coefficient (Wildman–Crippen LogP) is 4.18. The Bertz CT molecular complexity index is 757. The minimum atomic E-state index is -0.427. The van der Waals surface area contributed by atoms with Gasteiger partial charge in [-0.1, -0.05) is 11.6 Å². The van der Waals surface area contributed by atoms with Gasteiger partial charge in [0.25, 0.3) is 0 Å². The van der Waals surface area contributed by atoms with Crippen LogP contribution in [0.15, 0.2) is 24.3 Å². The van der Waals surface area contributed by atoms with Crippen molar-refractivity contribution in [1.29, 1.82) is 0 Å². The normalized spacial score (nSPS) is 11.1. The number of ether oxygens (including phenoxy) is 1. The topological polar surface area (TPSA) is 76.1 Å². The number of benzene rings is 1. The molecule has 0 saturated carbocycles. The molecule has 2 rings (SSSR count). The SMILES string of the molecule is COC(=O)c1ccc(Cl)c(Nc2cc(NC(C)(C)C)nc(C)n2)c1. The molecule has 0 bridgehead atoms. The summed E-state index contributed by atoms with van der Waals surface area (Å²) in [7, 11) is 1.34. The second-order valence-electron chi connectivity index (χ2n) is 6.37. The number of carbonyl (C=O) groups excluding carboxylic acids is 1. The molecule has 1 heterocycles. The Morgan fingerprint density at radius 2 is 1.83 bits per heavy atom. The molecule has 24 heavy (non-hydrogen) atoms. The number of anilines is 3. The fourth-order valence-electron chi connectivity index (χ4n) is 2.08. The number of carbonyl (C=O) groups is 1. The third kappa shape index (κ3) is 4.83. The van der Waals surface area contributed by atoms with Gasteiger partial charge in [0.15, 0.2) is 0 Å². The maximum absolute atomic E-state index is 11.7. The lowest BCUT2D eigenvalue weighted by Crippen LogP contribution is -2.27. The van der Waals surface area contributed by atoms with Crippen LogP contribution in [0.4, 0.5) is 17.3 Å². The molecule has 0 aliphatic heterocycles. The molecule has 128 valence electrons.